The number of fused-ring (bicyclic) bond motifs is 2. The van der Waals surface area contributed by atoms with Crippen molar-refractivity contribution in [3.8, 4) is 11.3 Å². The summed E-state index contributed by atoms with van der Waals surface area (Å²) in [5, 5.41) is 16.5. The molecule has 150 valence electrons. The number of halogens is 1. The molecule has 0 saturated carbocycles. The molecule has 0 bridgehead atoms. The SMILES string of the molecule is C[C@H](c1ccccc1)N(C)c1nnc2cc(-c3ncnc4[nH]ncc34)ccc2n1.Cl. The maximum Gasteiger partial charge on any atom is 0.246 e. The lowest BCUT2D eigenvalue weighted by molar-refractivity contribution is 0.709. The van der Waals surface area contributed by atoms with Crippen molar-refractivity contribution in [2.24, 2.45) is 0 Å². The van der Waals surface area contributed by atoms with E-state index in [1.807, 2.05) is 48.3 Å². The van der Waals surface area contributed by atoms with Crippen LogP contribution in [-0.2, 0) is 0 Å². The smallest absolute Gasteiger partial charge is 0.246 e. The number of H-pyrrole nitrogens is 1. The molecule has 0 aliphatic carbocycles. The van der Waals surface area contributed by atoms with Gasteiger partial charge in [0, 0.05) is 12.6 Å². The Morgan fingerprint density at radius 1 is 0.967 bits per heavy atom. The highest BCUT2D eigenvalue weighted by Crippen LogP contribution is 2.27. The third-order valence-corrected chi connectivity index (χ3v) is 5.14. The lowest BCUT2D eigenvalue weighted by Gasteiger charge is -2.24. The topological polar surface area (TPSA) is 96.4 Å². The van der Waals surface area contributed by atoms with E-state index in [1.165, 1.54) is 11.9 Å². The van der Waals surface area contributed by atoms with Crippen molar-refractivity contribution in [1.29, 1.82) is 0 Å². The molecule has 0 amide bonds. The molecule has 5 rings (SSSR count). The monoisotopic (exact) mass is 418 g/mol. The van der Waals surface area contributed by atoms with Gasteiger partial charge in [-0.05, 0) is 24.6 Å². The molecule has 1 N–H and O–H groups in total. The molecule has 1 atom stereocenters. The van der Waals surface area contributed by atoms with Crippen LogP contribution in [0.5, 0.6) is 0 Å². The fourth-order valence-electron chi connectivity index (χ4n) is 3.35. The summed E-state index contributed by atoms with van der Waals surface area (Å²) in [6.45, 7) is 2.12. The Bertz CT molecular complexity index is 1300. The molecule has 0 unspecified atom stereocenters. The minimum atomic E-state index is 0. The highest BCUT2D eigenvalue weighted by atomic mass is 35.5. The van der Waals surface area contributed by atoms with Crippen molar-refractivity contribution in [1.82, 2.24) is 35.3 Å². The largest absolute Gasteiger partial charge is 0.336 e. The second-order valence-electron chi connectivity index (χ2n) is 6.87. The molecule has 3 aromatic heterocycles. The summed E-state index contributed by atoms with van der Waals surface area (Å²) in [6, 6.07) is 16.3. The Hall–Kier alpha value is -3.65. The van der Waals surface area contributed by atoms with Gasteiger partial charge in [0.25, 0.3) is 0 Å². The van der Waals surface area contributed by atoms with E-state index >= 15 is 0 Å². The summed E-state index contributed by atoms with van der Waals surface area (Å²) >= 11 is 0. The first-order valence-electron chi connectivity index (χ1n) is 9.27. The number of nitrogens with zero attached hydrogens (tertiary/aromatic N) is 7. The van der Waals surface area contributed by atoms with Crippen LogP contribution >= 0.6 is 12.4 Å². The molecule has 0 aliphatic rings. The average molecular weight is 419 g/mol. The summed E-state index contributed by atoms with van der Waals surface area (Å²) in [4.78, 5) is 15.3. The van der Waals surface area contributed by atoms with Crippen LogP contribution in [0, 0.1) is 0 Å². The molecule has 0 saturated heterocycles. The molecule has 9 heteroatoms. The summed E-state index contributed by atoms with van der Waals surface area (Å²) in [5.74, 6) is 0.584. The van der Waals surface area contributed by atoms with Gasteiger partial charge in [-0.2, -0.15) is 5.10 Å². The number of benzene rings is 2. The summed E-state index contributed by atoms with van der Waals surface area (Å²) in [7, 11) is 1.98. The third kappa shape index (κ3) is 3.42. The Kier molecular flexibility index (Phi) is 5.24. The van der Waals surface area contributed by atoms with Gasteiger partial charge in [-0.15, -0.1) is 22.6 Å². The normalized spacial score (nSPS) is 11.9. The zero-order chi connectivity index (χ0) is 19.8. The number of hydrogen-bond acceptors (Lipinski definition) is 7. The van der Waals surface area contributed by atoms with E-state index in [0.717, 1.165) is 22.2 Å². The van der Waals surface area contributed by atoms with Crippen LogP contribution < -0.4 is 4.90 Å². The summed E-state index contributed by atoms with van der Waals surface area (Å²) < 4.78 is 0. The number of rotatable bonds is 4. The van der Waals surface area contributed by atoms with Gasteiger partial charge in [-0.25, -0.2) is 15.0 Å². The van der Waals surface area contributed by atoms with E-state index in [-0.39, 0.29) is 18.4 Å². The zero-order valence-electron chi connectivity index (χ0n) is 16.4. The molecule has 30 heavy (non-hydrogen) atoms. The van der Waals surface area contributed by atoms with Crippen molar-refractivity contribution < 1.29 is 0 Å². The molecular weight excluding hydrogens is 400 g/mol. The molecule has 0 aliphatic heterocycles. The second kappa shape index (κ2) is 8.00. The minimum absolute atomic E-state index is 0. The van der Waals surface area contributed by atoms with Crippen LogP contribution in [0.4, 0.5) is 5.95 Å². The number of anilines is 1. The summed E-state index contributed by atoms with van der Waals surface area (Å²) in [5.41, 5.74) is 5.10. The van der Waals surface area contributed by atoms with Crippen molar-refractivity contribution in [3.63, 3.8) is 0 Å². The Morgan fingerprint density at radius 3 is 2.63 bits per heavy atom. The van der Waals surface area contributed by atoms with Gasteiger partial charge >= 0.3 is 0 Å². The Labute approximate surface area is 178 Å². The van der Waals surface area contributed by atoms with Gasteiger partial charge in [-0.3, -0.25) is 5.10 Å². The fraction of sp³-hybridized carbons (Fsp3) is 0.143. The maximum absolute atomic E-state index is 4.71. The number of hydrogen-bond donors (Lipinski definition) is 1. The van der Waals surface area contributed by atoms with Crippen molar-refractivity contribution in [3.05, 3.63) is 66.6 Å². The van der Waals surface area contributed by atoms with Gasteiger partial charge in [0.05, 0.1) is 28.8 Å². The van der Waals surface area contributed by atoms with Crippen LogP contribution in [0.3, 0.4) is 0 Å². The molecule has 3 heterocycles. The zero-order valence-corrected chi connectivity index (χ0v) is 17.2. The van der Waals surface area contributed by atoms with Crippen LogP contribution in [0.1, 0.15) is 18.5 Å². The Balaban J connectivity index is 0.00000218. The van der Waals surface area contributed by atoms with E-state index in [1.54, 1.807) is 6.20 Å². The van der Waals surface area contributed by atoms with Crippen molar-refractivity contribution in [2.45, 2.75) is 13.0 Å². The van der Waals surface area contributed by atoms with Gasteiger partial charge < -0.3 is 4.90 Å². The van der Waals surface area contributed by atoms with Gasteiger partial charge in [0.1, 0.15) is 11.8 Å². The van der Waals surface area contributed by atoms with E-state index in [0.29, 0.717) is 17.1 Å². The quantitative estimate of drug-likeness (QED) is 0.471. The van der Waals surface area contributed by atoms with Crippen LogP contribution in [0.25, 0.3) is 33.3 Å². The number of aromatic amines is 1. The fourth-order valence-corrected chi connectivity index (χ4v) is 3.35. The van der Waals surface area contributed by atoms with Crippen molar-refractivity contribution >= 4 is 40.4 Å². The van der Waals surface area contributed by atoms with Crippen LogP contribution in [0.2, 0.25) is 0 Å². The molecule has 8 nitrogen and oxygen atoms in total. The lowest BCUT2D eigenvalue weighted by atomic mass is 10.1. The first-order chi connectivity index (χ1) is 14.2. The highest BCUT2D eigenvalue weighted by Gasteiger charge is 2.16. The molecular formula is C21H19ClN8. The van der Waals surface area contributed by atoms with Gasteiger partial charge in [0.15, 0.2) is 5.65 Å². The molecule has 0 radical (unpaired) electrons. The third-order valence-electron chi connectivity index (χ3n) is 5.14. The predicted octanol–water partition coefficient (Wildman–Crippen LogP) is 3.98. The van der Waals surface area contributed by atoms with E-state index < -0.39 is 0 Å². The van der Waals surface area contributed by atoms with Crippen LogP contribution in [0.15, 0.2) is 61.1 Å². The number of nitrogens with one attached hydrogen (secondary N) is 1. The van der Waals surface area contributed by atoms with Gasteiger partial charge in [-0.1, -0.05) is 36.4 Å². The van der Waals surface area contributed by atoms with Gasteiger partial charge in [0.2, 0.25) is 5.95 Å². The Morgan fingerprint density at radius 2 is 1.80 bits per heavy atom. The van der Waals surface area contributed by atoms with E-state index in [4.69, 9.17) is 4.98 Å². The average Bonchev–Trinajstić information content (AvgIpc) is 3.27. The van der Waals surface area contributed by atoms with E-state index in [2.05, 4.69) is 49.4 Å². The van der Waals surface area contributed by atoms with Crippen molar-refractivity contribution in [2.75, 3.05) is 11.9 Å². The highest BCUT2D eigenvalue weighted by molar-refractivity contribution is 5.92. The first-order valence-corrected chi connectivity index (χ1v) is 9.27. The van der Waals surface area contributed by atoms with E-state index in [9.17, 15) is 0 Å². The molecule has 0 spiro atoms. The molecule has 2 aromatic carbocycles. The van der Waals surface area contributed by atoms with Crippen LogP contribution in [-0.4, -0.2) is 42.4 Å². The first kappa shape index (κ1) is 19.7. The number of aromatic nitrogens is 7. The predicted molar refractivity (Wildman–Crippen MR) is 119 cm³/mol. The minimum Gasteiger partial charge on any atom is -0.336 e. The maximum atomic E-state index is 4.71. The standard InChI is InChI=1S/C21H18N8.ClH/c1-13(14-6-4-3-5-7-14)29(2)21-25-17-9-8-15(10-18(17)26-28-21)19-16-11-24-27-20(16)23-12-22-19;/h3-13H,1-2H3,(H,22,23,24,27);1H/t13-;/m1./s1. The lowest BCUT2D eigenvalue weighted by Crippen LogP contribution is -2.24. The molecule has 0 fully saturated rings. The molecule has 5 aromatic rings. The summed E-state index contributed by atoms with van der Waals surface area (Å²) in [6.07, 6.45) is 3.24. The second-order valence-corrected chi connectivity index (χ2v) is 6.87.